The molecule has 0 bridgehead atoms. The lowest BCUT2D eigenvalue weighted by molar-refractivity contribution is 0.135. The van der Waals surface area contributed by atoms with Gasteiger partial charge in [-0.25, -0.2) is 0 Å². The second-order valence-electron chi connectivity index (χ2n) is 5.06. The standard InChI is InChI=1S/C15H21NO3/c1-17-9-8-16-7-3-5-13(16)12-4-2-6-14-15(12)19-11-10-18-14/h2,4,6,13H,3,5,7-11H2,1H3. The largest absolute Gasteiger partial charge is 0.486 e. The molecule has 1 fully saturated rings. The van der Waals surface area contributed by atoms with Gasteiger partial charge in [-0.05, 0) is 25.5 Å². The molecule has 4 heteroatoms. The van der Waals surface area contributed by atoms with E-state index in [2.05, 4.69) is 17.0 Å². The normalized spacial score (nSPS) is 22.7. The smallest absolute Gasteiger partial charge is 0.166 e. The number of methoxy groups -OCH3 is 1. The zero-order valence-electron chi connectivity index (χ0n) is 11.4. The highest BCUT2D eigenvalue weighted by molar-refractivity contribution is 5.49. The van der Waals surface area contributed by atoms with Gasteiger partial charge >= 0.3 is 0 Å². The van der Waals surface area contributed by atoms with Crippen molar-refractivity contribution in [1.82, 2.24) is 4.90 Å². The molecular formula is C15H21NO3. The van der Waals surface area contributed by atoms with Gasteiger partial charge in [-0.1, -0.05) is 12.1 Å². The summed E-state index contributed by atoms with van der Waals surface area (Å²) in [6.07, 6.45) is 2.42. The summed E-state index contributed by atoms with van der Waals surface area (Å²) in [7, 11) is 1.76. The third-order valence-corrected chi connectivity index (χ3v) is 3.90. The molecule has 1 atom stereocenters. The third kappa shape index (κ3) is 2.55. The SMILES string of the molecule is COCCN1CCCC1c1cccc2c1OCCO2. The number of fused-ring (bicyclic) bond motifs is 1. The van der Waals surface area contributed by atoms with Gasteiger partial charge in [0.15, 0.2) is 11.5 Å². The maximum atomic E-state index is 5.84. The van der Waals surface area contributed by atoms with Gasteiger partial charge in [0.25, 0.3) is 0 Å². The van der Waals surface area contributed by atoms with E-state index in [0.29, 0.717) is 19.3 Å². The number of rotatable bonds is 4. The van der Waals surface area contributed by atoms with Crippen LogP contribution in [0.15, 0.2) is 18.2 Å². The Hall–Kier alpha value is -1.26. The van der Waals surface area contributed by atoms with Gasteiger partial charge < -0.3 is 14.2 Å². The Morgan fingerprint density at radius 3 is 3.11 bits per heavy atom. The maximum absolute atomic E-state index is 5.84. The summed E-state index contributed by atoms with van der Waals surface area (Å²) in [5, 5.41) is 0. The van der Waals surface area contributed by atoms with Gasteiger partial charge in [-0.3, -0.25) is 4.90 Å². The van der Waals surface area contributed by atoms with Crippen LogP contribution in [0.3, 0.4) is 0 Å². The van der Waals surface area contributed by atoms with E-state index < -0.39 is 0 Å². The molecule has 3 rings (SSSR count). The van der Waals surface area contributed by atoms with E-state index in [1.54, 1.807) is 7.11 Å². The molecule has 0 N–H and O–H groups in total. The van der Waals surface area contributed by atoms with Crippen LogP contribution in [0.2, 0.25) is 0 Å². The summed E-state index contributed by atoms with van der Waals surface area (Å²) in [5.41, 5.74) is 1.27. The van der Waals surface area contributed by atoms with Crippen LogP contribution in [0, 0.1) is 0 Å². The monoisotopic (exact) mass is 263 g/mol. The van der Waals surface area contributed by atoms with Crippen LogP contribution < -0.4 is 9.47 Å². The number of hydrogen-bond donors (Lipinski definition) is 0. The molecule has 1 aromatic carbocycles. The minimum absolute atomic E-state index is 0.437. The number of hydrogen-bond acceptors (Lipinski definition) is 4. The summed E-state index contributed by atoms with van der Waals surface area (Å²) >= 11 is 0. The predicted molar refractivity (Wildman–Crippen MR) is 72.9 cm³/mol. The van der Waals surface area contributed by atoms with Crippen molar-refractivity contribution >= 4 is 0 Å². The predicted octanol–water partition coefficient (Wildman–Crippen LogP) is 2.24. The first kappa shape index (κ1) is 12.8. The Balaban J connectivity index is 1.84. The van der Waals surface area contributed by atoms with Gasteiger partial charge in [0.05, 0.1) is 6.61 Å². The van der Waals surface area contributed by atoms with Crippen LogP contribution in [-0.2, 0) is 4.74 Å². The van der Waals surface area contributed by atoms with Crippen molar-refractivity contribution in [3.63, 3.8) is 0 Å². The molecule has 0 radical (unpaired) electrons. The number of benzene rings is 1. The van der Waals surface area contributed by atoms with E-state index in [4.69, 9.17) is 14.2 Å². The molecule has 104 valence electrons. The zero-order valence-corrected chi connectivity index (χ0v) is 11.4. The highest BCUT2D eigenvalue weighted by atomic mass is 16.6. The summed E-state index contributed by atoms with van der Waals surface area (Å²) < 4.78 is 16.7. The molecular weight excluding hydrogens is 242 g/mol. The molecule has 2 heterocycles. The number of nitrogens with zero attached hydrogens (tertiary/aromatic N) is 1. The molecule has 2 aliphatic rings. The number of para-hydroxylation sites is 1. The van der Waals surface area contributed by atoms with E-state index in [1.807, 2.05) is 6.07 Å². The quantitative estimate of drug-likeness (QED) is 0.833. The summed E-state index contributed by atoms with van der Waals surface area (Å²) in [6.45, 7) is 4.19. The molecule has 0 aliphatic carbocycles. The highest BCUT2D eigenvalue weighted by Crippen LogP contribution is 2.42. The molecule has 0 aromatic heterocycles. The second kappa shape index (κ2) is 5.80. The molecule has 1 aromatic rings. The minimum Gasteiger partial charge on any atom is -0.486 e. The van der Waals surface area contributed by atoms with Crippen molar-refractivity contribution in [2.45, 2.75) is 18.9 Å². The van der Waals surface area contributed by atoms with Crippen molar-refractivity contribution in [2.75, 3.05) is 40.0 Å². The fourth-order valence-corrected chi connectivity index (χ4v) is 3.01. The number of likely N-dealkylation sites (tertiary alicyclic amines) is 1. The molecule has 0 spiro atoms. The van der Waals surface area contributed by atoms with Gasteiger partial charge in [0.2, 0.25) is 0 Å². The summed E-state index contributed by atoms with van der Waals surface area (Å²) in [5.74, 6) is 1.84. The van der Waals surface area contributed by atoms with E-state index in [1.165, 1.54) is 18.4 Å². The Kier molecular flexibility index (Phi) is 3.89. The Morgan fingerprint density at radius 2 is 2.21 bits per heavy atom. The van der Waals surface area contributed by atoms with E-state index in [9.17, 15) is 0 Å². The number of ether oxygens (including phenoxy) is 3. The van der Waals surface area contributed by atoms with Crippen LogP contribution in [0.5, 0.6) is 11.5 Å². The van der Waals surface area contributed by atoms with Crippen LogP contribution in [0.4, 0.5) is 0 Å². The van der Waals surface area contributed by atoms with Crippen molar-refractivity contribution in [3.8, 4) is 11.5 Å². The molecule has 0 saturated carbocycles. The van der Waals surface area contributed by atoms with Crippen LogP contribution in [-0.4, -0.2) is 44.9 Å². The van der Waals surface area contributed by atoms with Crippen molar-refractivity contribution < 1.29 is 14.2 Å². The molecule has 1 saturated heterocycles. The van der Waals surface area contributed by atoms with Gasteiger partial charge in [0.1, 0.15) is 13.2 Å². The lowest BCUT2D eigenvalue weighted by atomic mass is 10.0. The average molecular weight is 263 g/mol. The van der Waals surface area contributed by atoms with E-state index in [0.717, 1.165) is 31.2 Å². The van der Waals surface area contributed by atoms with Crippen LogP contribution >= 0.6 is 0 Å². The van der Waals surface area contributed by atoms with E-state index >= 15 is 0 Å². The van der Waals surface area contributed by atoms with Crippen molar-refractivity contribution in [3.05, 3.63) is 23.8 Å². The lowest BCUT2D eigenvalue weighted by Crippen LogP contribution is -2.28. The van der Waals surface area contributed by atoms with Crippen LogP contribution in [0.1, 0.15) is 24.4 Å². The highest BCUT2D eigenvalue weighted by Gasteiger charge is 2.30. The lowest BCUT2D eigenvalue weighted by Gasteiger charge is -2.28. The molecule has 19 heavy (non-hydrogen) atoms. The van der Waals surface area contributed by atoms with Gasteiger partial charge in [-0.2, -0.15) is 0 Å². The Morgan fingerprint density at radius 1 is 1.32 bits per heavy atom. The average Bonchev–Trinajstić information content (AvgIpc) is 2.92. The topological polar surface area (TPSA) is 30.9 Å². The second-order valence-corrected chi connectivity index (χ2v) is 5.06. The molecule has 0 amide bonds. The first-order valence-corrected chi connectivity index (χ1v) is 7.01. The Bertz CT molecular complexity index is 435. The minimum atomic E-state index is 0.437. The fourth-order valence-electron chi connectivity index (χ4n) is 3.01. The first-order chi connectivity index (χ1) is 9.40. The van der Waals surface area contributed by atoms with Crippen molar-refractivity contribution in [2.24, 2.45) is 0 Å². The molecule has 4 nitrogen and oxygen atoms in total. The van der Waals surface area contributed by atoms with Gasteiger partial charge in [-0.15, -0.1) is 0 Å². The van der Waals surface area contributed by atoms with E-state index in [-0.39, 0.29) is 0 Å². The van der Waals surface area contributed by atoms with Crippen LogP contribution in [0.25, 0.3) is 0 Å². The summed E-state index contributed by atoms with van der Waals surface area (Å²) in [4.78, 5) is 2.48. The van der Waals surface area contributed by atoms with Crippen molar-refractivity contribution in [1.29, 1.82) is 0 Å². The fraction of sp³-hybridized carbons (Fsp3) is 0.600. The first-order valence-electron chi connectivity index (χ1n) is 7.01. The third-order valence-electron chi connectivity index (χ3n) is 3.90. The Labute approximate surface area is 114 Å². The summed E-state index contributed by atoms with van der Waals surface area (Å²) in [6, 6.07) is 6.66. The maximum Gasteiger partial charge on any atom is 0.166 e. The molecule has 1 unspecified atom stereocenters. The molecule has 2 aliphatic heterocycles. The zero-order chi connectivity index (χ0) is 13.1. The van der Waals surface area contributed by atoms with Gasteiger partial charge in [0, 0.05) is 25.3 Å².